The molecule has 3 fully saturated rings. The van der Waals surface area contributed by atoms with E-state index in [2.05, 4.69) is 9.80 Å². The van der Waals surface area contributed by atoms with Crippen molar-refractivity contribution in [3.63, 3.8) is 0 Å². The van der Waals surface area contributed by atoms with E-state index in [4.69, 9.17) is 14.3 Å². The van der Waals surface area contributed by atoms with Crippen molar-refractivity contribution in [3.8, 4) is 0 Å². The Labute approximate surface area is 163 Å². The topological polar surface area (TPSA) is 54.5 Å². The molecular weight excluding hydrogens is 346 g/mol. The lowest BCUT2D eigenvalue weighted by Crippen LogP contribution is -2.44. The Balaban J connectivity index is 1.46. The highest BCUT2D eigenvalue weighted by atomic mass is 16.7. The second kappa shape index (κ2) is 11.3. The molecule has 3 rings (SSSR count). The summed E-state index contributed by atoms with van der Waals surface area (Å²) in [6.07, 6.45) is 6.34. The first kappa shape index (κ1) is 21.0. The third kappa shape index (κ3) is 6.98. The predicted octanol–water partition coefficient (Wildman–Crippen LogP) is 1.38. The molecule has 0 unspecified atom stereocenters. The van der Waals surface area contributed by atoms with Crippen LogP contribution in [0.2, 0.25) is 0 Å². The van der Waals surface area contributed by atoms with Crippen molar-refractivity contribution in [1.82, 2.24) is 14.9 Å². The quantitative estimate of drug-likeness (QED) is 0.568. The molecule has 1 atom stereocenters. The molecule has 156 valence electrons. The van der Waals surface area contributed by atoms with Gasteiger partial charge >= 0.3 is 0 Å². The van der Waals surface area contributed by atoms with Crippen molar-refractivity contribution < 1.29 is 19.1 Å². The van der Waals surface area contributed by atoms with Gasteiger partial charge in [-0.2, -0.15) is 5.06 Å². The maximum atomic E-state index is 12.9. The molecule has 1 amide bonds. The fraction of sp³-hybridized carbons (Fsp3) is 0.950. The average Bonchev–Trinajstić information content (AvgIpc) is 3.39. The van der Waals surface area contributed by atoms with Gasteiger partial charge in [0.05, 0.1) is 19.3 Å². The zero-order valence-electron chi connectivity index (χ0n) is 16.9. The highest BCUT2D eigenvalue weighted by Crippen LogP contribution is 2.21. The van der Waals surface area contributed by atoms with E-state index in [0.717, 1.165) is 91.2 Å². The minimum Gasteiger partial charge on any atom is -0.383 e. The van der Waals surface area contributed by atoms with Crippen molar-refractivity contribution in [2.24, 2.45) is 5.92 Å². The number of rotatable bonds is 10. The molecule has 0 aliphatic carbocycles. The minimum atomic E-state index is 0.221. The van der Waals surface area contributed by atoms with E-state index in [-0.39, 0.29) is 12.0 Å². The molecule has 0 saturated carbocycles. The van der Waals surface area contributed by atoms with Gasteiger partial charge in [-0.25, -0.2) is 0 Å². The van der Waals surface area contributed by atoms with Crippen LogP contribution in [0.3, 0.4) is 0 Å². The molecule has 0 aromatic rings. The lowest BCUT2D eigenvalue weighted by atomic mass is 9.95. The summed E-state index contributed by atoms with van der Waals surface area (Å²) in [7, 11) is 1.76. The smallest absolute Gasteiger partial charge is 0.224 e. The van der Waals surface area contributed by atoms with Gasteiger partial charge in [-0.05, 0) is 51.1 Å². The van der Waals surface area contributed by atoms with Crippen LogP contribution in [0.4, 0.5) is 0 Å². The van der Waals surface area contributed by atoms with Gasteiger partial charge in [0.25, 0.3) is 0 Å². The van der Waals surface area contributed by atoms with Crippen molar-refractivity contribution >= 4 is 5.91 Å². The van der Waals surface area contributed by atoms with Crippen molar-refractivity contribution in [3.05, 3.63) is 0 Å². The standard InChI is InChI=1S/C20H37N3O4/c1-25-15-12-21-9-5-18(6-10-21)16-22(17-19-4-2-13-26-19)20(24)7-11-23-8-3-14-27-23/h18-19H,2-17H2,1H3/t19-/m1/s1. The van der Waals surface area contributed by atoms with Crippen LogP contribution in [0.5, 0.6) is 0 Å². The predicted molar refractivity (Wildman–Crippen MR) is 103 cm³/mol. The number of nitrogens with zero attached hydrogens (tertiary/aromatic N) is 3. The number of likely N-dealkylation sites (tertiary alicyclic amines) is 1. The van der Waals surface area contributed by atoms with Gasteiger partial charge in [-0.3, -0.25) is 9.63 Å². The summed E-state index contributed by atoms with van der Waals surface area (Å²) < 4.78 is 11.0. The second-order valence-electron chi connectivity index (χ2n) is 8.08. The van der Waals surface area contributed by atoms with Gasteiger partial charge in [0.2, 0.25) is 5.91 Å². The Morgan fingerprint density at radius 2 is 1.93 bits per heavy atom. The molecule has 0 bridgehead atoms. The van der Waals surface area contributed by atoms with Crippen LogP contribution in [0.1, 0.15) is 38.5 Å². The Hall–Kier alpha value is -0.730. The monoisotopic (exact) mass is 383 g/mol. The molecule has 27 heavy (non-hydrogen) atoms. The number of hydroxylamine groups is 2. The first-order valence-electron chi connectivity index (χ1n) is 10.7. The molecule has 0 spiro atoms. The lowest BCUT2D eigenvalue weighted by molar-refractivity contribution is -0.140. The number of hydrogen-bond donors (Lipinski definition) is 0. The van der Waals surface area contributed by atoms with Gasteiger partial charge in [0.1, 0.15) is 0 Å². The summed E-state index contributed by atoms with van der Waals surface area (Å²) in [6, 6.07) is 0. The van der Waals surface area contributed by atoms with Gasteiger partial charge in [0.15, 0.2) is 0 Å². The zero-order chi connectivity index (χ0) is 18.9. The van der Waals surface area contributed by atoms with Crippen LogP contribution in [0.15, 0.2) is 0 Å². The van der Waals surface area contributed by atoms with Crippen molar-refractivity contribution in [1.29, 1.82) is 0 Å². The van der Waals surface area contributed by atoms with E-state index in [1.165, 1.54) is 0 Å². The molecule has 7 nitrogen and oxygen atoms in total. The Kier molecular flexibility index (Phi) is 8.80. The third-order valence-corrected chi connectivity index (χ3v) is 6.00. The van der Waals surface area contributed by atoms with Gasteiger partial charge in [-0.15, -0.1) is 0 Å². The zero-order valence-corrected chi connectivity index (χ0v) is 16.9. The van der Waals surface area contributed by atoms with E-state index in [1.54, 1.807) is 7.11 Å². The fourth-order valence-corrected chi connectivity index (χ4v) is 4.29. The Morgan fingerprint density at radius 3 is 2.59 bits per heavy atom. The van der Waals surface area contributed by atoms with E-state index in [1.807, 2.05) is 5.06 Å². The minimum absolute atomic E-state index is 0.221. The molecule has 0 aromatic carbocycles. The maximum absolute atomic E-state index is 12.9. The molecule has 0 N–H and O–H groups in total. The third-order valence-electron chi connectivity index (χ3n) is 6.00. The highest BCUT2D eigenvalue weighted by Gasteiger charge is 2.27. The van der Waals surface area contributed by atoms with Crippen LogP contribution in [0, 0.1) is 5.92 Å². The molecule has 3 aliphatic heterocycles. The first-order valence-corrected chi connectivity index (χ1v) is 10.7. The maximum Gasteiger partial charge on any atom is 0.224 e. The van der Waals surface area contributed by atoms with E-state index in [0.29, 0.717) is 18.9 Å². The van der Waals surface area contributed by atoms with Crippen LogP contribution in [-0.2, 0) is 19.1 Å². The van der Waals surface area contributed by atoms with Crippen LogP contribution >= 0.6 is 0 Å². The first-order chi connectivity index (χ1) is 13.2. The van der Waals surface area contributed by atoms with Crippen molar-refractivity contribution in [2.75, 3.05) is 72.7 Å². The Morgan fingerprint density at radius 1 is 1.07 bits per heavy atom. The number of methoxy groups -OCH3 is 1. The normalized spacial score (nSPS) is 25.3. The Bertz CT molecular complexity index is 431. The van der Waals surface area contributed by atoms with Crippen LogP contribution < -0.4 is 0 Å². The summed E-state index contributed by atoms with van der Waals surface area (Å²) in [4.78, 5) is 23.0. The SMILES string of the molecule is COCCN1CCC(CN(C[C@H]2CCCO2)C(=O)CCN2CCCO2)CC1. The molecule has 0 radical (unpaired) electrons. The number of piperidine rings is 1. The number of carbonyl (C=O) groups excluding carboxylic acids is 1. The van der Waals surface area contributed by atoms with Crippen molar-refractivity contribution in [2.45, 2.75) is 44.6 Å². The largest absolute Gasteiger partial charge is 0.383 e. The molecular formula is C20H37N3O4. The number of carbonyl (C=O) groups is 1. The highest BCUT2D eigenvalue weighted by molar-refractivity contribution is 5.76. The number of hydrogen-bond acceptors (Lipinski definition) is 6. The molecule has 3 heterocycles. The van der Waals surface area contributed by atoms with Gasteiger partial charge in [-0.1, -0.05) is 0 Å². The summed E-state index contributed by atoms with van der Waals surface area (Å²) in [5.41, 5.74) is 0. The van der Waals surface area contributed by atoms with E-state index in [9.17, 15) is 4.79 Å². The summed E-state index contributed by atoms with van der Waals surface area (Å²) in [5.74, 6) is 0.847. The lowest BCUT2D eigenvalue weighted by Gasteiger charge is -2.35. The van der Waals surface area contributed by atoms with Gasteiger partial charge in [0, 0.05) is 52.9 Å². The summed E-state index contributed by atoms with van der Waals surface area (Å²) in [6.45, 7) is 8.93. The van der Waals surface area contributed by atoms with Gasteiger partial charge < -0.3 is 19.3 Å². The number of amides is 1. The summed E-state index contributed by atoms with van der Waals surface area (Å²) >= 11 is 0. The van der Waals surface area contributed by atoms with Crippen LogP contribution in [-0.4, -0.2) is 99.6 Å². The molecule has 0 aromatic heterocycles. The van der Waals surface area contributed by atoms with E-state index >= 15 is 0 Å². The van der Waals surface area contributed by atoms with Crippen LogP contribution in [0.25, 0.3) is 0 Å². The fourth-order valence-electron chi connectivity index (χ4n) is 4.29. The number of ether oxygens (including phenoxy) is 2. The average molecular weight is 384 g/mol. The summed E-state index contributed by atoms with van der Waals surface area (Å²) in [5, 5.41) is 1.94. The van der Waals surface area contributed by atoms with E-state index < -0.39 is 0 Å². The molecule has 7 heteroatoms. The second-order valence-corrected chi connectivity index (χ2v) is 8.08. The molecule has 3 saturated heterocycles. The molecule has 3 aliphatic rings.